The van der Waals surface area contributed by atoms with Crippen molar-refractivity contribution in [1.29, 1.82) is 0 Å². The summed E-state index contributed by atoms with van der Waals surface area (Å²) >= 11 is 0. The van der Waals surface area contributed by atoms with E-state index in [0.29, 0.717) is 37.3 Å². The Labute approximate surface area is 169 Å². The molecule has 3 atom stereocenters. The lowest BCUT2D eigenvalue weighted by atomic mass is 9.97. The fourth-order valence-corrected chi connectivity index (χ4v) is 3.92. The van der Waals surface area contributed by atoms with E-state index in [4.69, 9.17) is 4.74 Å². The molecule has 11 nitrogen and oxygen atoms in total. The maximum atomic E-state index is 12.5. The number of hydrazine groups is 1. The second-order valence-electron chi connectivity index (χ2n) is 8.77. The molecule has 0 unspecified atom stereocenters. The van der Waals surface area contributed by atoms with Crippen LogP contribution < -0.4 is 10.9 Å². The molecule has 3 rings (SSSR count). The smallest absolute Gasteiger partial charge is 0.410 e. The van der Waals surface area contributed by atoms with E-state index in [2.05, 4.69) is 10.9 Å². The number of hydroxylamine groups is 2. The number of amides is 5. The number of nitrogens with zero attached hydrogens (tertiary/aromatic N) is 3. The highest BCUT2D eigenvalue weighted by Gasteiger charge is 2.46. The van der Waals surface area contributed by atoms with Crippen LogP contribution in [-0.4, -0.2) is 81.3 Å². The molecule has 0 aromatic heterocycles. The van der Waals surface area contributed by atoms with Gasteiger partial charge in [-0.3, -0.25) is 25.6 Å². The Hall–Kier alpha value is -2.56. The van der Waals surface area contributed by atoms with Gasteiger partial charge >= 0.3 is 12.1 Å². The largest absolute Gasteiger partial charge is 0.444 e. The topological polar surface area (TPSA) is 132 Å². The molecular formula is C18H29N5O6. The van der Waals surface area contributed by atoms with Crippen LogP contribution in [0.2, 0.25) is 0 Å². The molecule has 0 aromatic rings. The molecule has 162 valence electrons. The zero-order valence-corrected chi connectivity index (χ0v) is 17.0. The Morgan fingerprint density at radius 1 is 1.07 bits per heavy atom. The second-order valence-corrected chi connectivity index (χ2v) is 8.77. The summed E-state index contributed by atoms with van der Waals surface area (Å²) in [4.78, 5) is 51.9. The van der Waals surface area contributed by atoms with Crippen LogP contribution >= 0.6 is 0 Å². The normalized spacial score (nSPS) is 27.0. The molecule has 0 spiro atoms. The van der Waals surface area contributed by atoms with Crippen LogP contribution in [0, 0.1) is 5.92 Å². The monoisotopic (exact) mass is 411 g/mol. The van der Waals surface area contributed by atoms with Gasteiger partial charge in [-0.25, -0.2) is 14.7 Å². The molecule has 11 heteroatoms. The van der Waals surface area contributed by atoms with Crippen molar-refractivity contribution in [2.45, 2.75) is 64.1 Å². The van der Waals surface area contributed by atoms with Crippen molar-refractivity contribution >= 4 is 23.9 Å². The van der Waals surface area contributed by atoms with Crippen molar-refractivity contribution in [3.8, 4) is 0 Å². The summed E-state index contributed by atoms with van der Waals surface area (Å²) in [6, 6.07) is -1.62. The summed E-state index contributed by atoms with van der Waals surface area (Å²) in [5, 5.41) is 10.4. The summed E-state index contributed by atoms with van der Waals surface area (Å²) in [6.45, 7) is 6.36. The zero-order valence-electron chi connectivity index (χ0n) is 17.0. The molecule has 0 aromatic carbocycles. The van der Waals surface area contributed by atoms with E-state index in [1.165, 1.54) is 9.80 Å². The summed E-state index contributed by atoms with van der Waals surface area (Å²) < 4.78 is 5.35. The standard InChI is InChI=1S/C18H29N5O6/c1-18(2,3)29-17(27)21-8-4-5-11(9-21)14(24)19-20-15(25)13-7-6-12-10-22(13)16(26)23(12)28/h11-13,28H,4-10H2,1-3H3,(H,19,24)(H,20,25)/t11-,12+,13+/m1/s1. The highest BCUT2D eigenvalue weighted by Crippen LogP contribution is 2.28. The zero-order chi connectivity index (χ0) is 21.3. The fraction of sp³-hybridized carbons (Fsp3) is 0.778. The van der Waals surface area contributed by atoms with Crippen LogP contribution in [0.1, 0.15) is 46.5 Å². The summed E-state index contributed by atoms with van der Waals surface area (Å²) in [6.07, 6.45) is 1.71. The van der Waals surface area contributed by atoms with Crippen LogP contribution in [0.4, 0.5) is 9.59 Å². The molecule has 0 aliphatic carbocycles. The van der Waals surface area contributed by atoms with Gasteiger partial charge in [0.25, 0.3) is 5.91 Å². The second kappa shape index (κ2) is 8.05. The molecule has 3 heterocycles. The minimum absolute atomic E-state index is 0.214. The van der Waals surface area contributed by atoms with Crippen molar-refractivity contribution in [3.63, 3.8) is 0 Å². The quantitative estimate of drug-likeness (QED) is 0.446. The number of nitrogens with one attached hydrogen (secondary N) is 2. The number of carbonyl (C=O) groups is 4. The number of urea groups is 1. The molecule has 3 saturated heterocycles. The first-order chi connectivity index (χ1) is 13.6. The average Bonchev–Trinajstić information content (AvgIpc) is 2.89. The molecule has 0 saturated carbocycles. The highest BCUT2D eigenvalue weighted by atomic mass is 16.6. The number of ether oxygens (including phenoxy) is 1. The number of rotatable bonds is 2. The maximum Gasteiger partial charge on any atom is 0.410 e. The van der Waals surface area contributed by atoms with Crippen LogP contribution in [-0.2, 0) is 14.3 Å². The van der Waals surface area contributed by atoms with Crippen LogP contribution in [0.15, 0.2) is 0 Å². The number of fused-ring (bicyclic) bond motifs is 2. The van der Waals surface area contributed by atoms with Gasteiger partial charge in [-0.15, -0.1) is 0 Å². The van der Waals surface area contributed by atoms with Gasteiger partial charge in [0.1, 0.15) is 11.6 Å². The van der Waals surface area contributed by atoms with Gasteiger partial charge in [-0.1, -0.05) is 0 Å². The van der Waals surface area contributed by atoms with Crippen molar-refractivity contribution in [1.82, 2.24) is 25.7 Å². The Kier molecular flexibility index (Phi) is 5.87. The number of piperidine rings is 2. The van der Waals surface area contributed by atoms with Gasteiger partial charge < -0.3 is 14.5 Å². The van der Waals surface area contributed by atoms with Crippen molar-refractivity contribution in [3.05, 3.63) is 0 Å². The van der Waals surface area contributed by atoms with Gasteiger partial charge in [-0.05, 0) is 46.5 Å². The molecule has 5 amide bonds. The van der Waals surface area contributed by atoms with Crippen molar-refractivity contribution in [2.75, 3.05) is 19.6 Å². The summed E-state index contributed by atoms with van der Waals surface area (Å²) in [5.74, 6) is -1.36. The number of likely N-dealkylation sites (tertiary alicyclic amines) is 1. The van der Waals surface area contributed by atoms with Crippen molar-refractivity contribution in [2.24, 2.45) is 5.92 Å². The Morgan fingerprint density at radius 2 is 1.76 bits per heavy atom. The van der Waals surface area contributed by atoms with Gasteiger partial charge in [-0.2, -0.15) is 0 Å². The van der Waals surface area contributed by atoms with Crippen LogP contribution in [0.3, 0.4) is 0 Å². The number of hydrogen-bond acceptors (Lipinski definition) is 6. The van der Waals surface area contributed by atoms with Crippen LogP contribution in [0.25, 0.3) is 0 Å². The minimum Gasteiger partial charge on any atom is -0.444 e. The number of carbonyl (C=O) groups excluding carboxylic acids is 4. The van der Waals surface area contributed by atoms with E-state index in [-0.39, 0.29) is 19.1 Å². The first-order valence-electron chi connectivity index (χ1n) is 9.93. The fourth-order valence-electron chi connectivity index (χ4n) is 3.92. The third-order valence-corrected chi connectivity index (χ3v) is 5.40. The van der Waals surface area contributed by atoms with Gasteiger partial charge in [0, 0.05) is 19.6 Å². The van der Waals surface area contributed by atoms with Gasteiger partial charge in [0.05, 0.1) is 12.0 Å². The van der Waals surface area contributed by atoms with Crippen molar-refractivity contribution < 1.29 is 29.1 Å². The molecule has 3 aliphatic rings. The van der Waals surface area contributed by atoms with Crippen LogP contribution in [0.5, 0.6) is 0 Å². The van der Waals surface area contributed by atoms with E-state index in [1.54, 1.807) is 20.8 Å². The average molecular weight is 411 g/mol. The molecule has 2 bridgehead atoms. The predicted molar refractivity (Wildman–Crippen MR) is 99.4 cm³/mol. The number of hydrogen-bond donors (Lipinski definition) is 3. The lowest BCUT2D eigenvalue weighted by Gasteiger charge is -2.33. The summed E-state index contributed by atoms with van der Waals surface area (Å²) in [5.41, 5.74) is 4.18. The van der Waals surface area contributed by atoms with E-state index < -0.39 is 41.5 Å². The summed E-state index contributed by atoms with van der Waals surface area (Å²) in [7, 11) is 0. The Morgan fingerprint density at radius 3 is 2.45 bits per heavy atom. The minimum atomic E-state index is -0.735. The Balaban J connectivity index is 1.49. The molecule has 3 fully saturated rings. The molecule has 0 radical (unpaired) electrons. The first-order valence-corrected chi connectivity index (χ1v) is 9.93. The first kappa shape index (κ1) is 21.2. The molecule has 29 heavy (non-hydrogen) atoms. The van der Waals surface area contributed by atoms with E-state index in [9.17, 15) is 24.4 Å². The van der Waals surface area contributed by atoms with Gasteiger partial charge in [0.15, 0.2) is 0 Å². The molecule has 3 N–H and O–H groups in total. The Bertz CT molecular complexity index is 693. The molecular weight excluding hydrogens is 382 g/mol. The van der Waals surface area contributed by atoms with E-state index >= 15 is 0 Å². The SMILES string of the molecule is CC(C)(C)OC(=O)N1CCC[C@@H](C(=O)NNC(=O)[C@@H]2CC[C@H]3CN2C(=O)N3O)C1. The van der Waals surface area contributed by atoms with E-state index in [1.807, 2.05) is 0 Å². The van der Waals surface area contributed by atoms with Gasteiger partial charge in [0.2, 0.25) is 5.91 Å². The predicted octanol–water partition coefficient (Wildman–Crippen LogP) is 0.439. The third-order valence-electron chi connectivity index (χ3n) is 5.40. The highest BCUT2D eigenvalue weighted by molar-refractivity contribution is 5.90. The lowest BCUT2D eigenvalue weighted by Crippen LogP contribution is -2.56. The molecule has 3 aliphatic heterocycles. The maximum absolute atomic E-state index is 12.5. The van der Waals surface area contributed by atoms with E-state index in [0.717, 1.165) is 0 Å². The lowest BCUT2D eigenvalue weighted by molar-refractivity contribution is -0.134. The third kappa shape index (κ3) is 4.72.